The quantitative estimate of drug-likeness (QED) is 0.856. The van der Waals surface area contributed by atoms with E-state index >= 15 is 0 Å². The Kier molecular flexibility index (Phi) is 4.36. The molecule has 2 aliphatic rings. The summed E-state index contributed by atoms with van der Waals surface area (Å²) < 4.78 is 1.15. The van der Waals surface area contributed by atoms with Crippen LogP contribution >= 0.6 is 15.9 Å². The summed E-state index contributed by atoms with van der Waals surface area (Å²) in [5.41, 5.74) is 7.51. The largest absolute Gasteiger partial charge is 0.355 e. The number of nitrogens with two attached hydrogens (primary N) is 1. The van der Waals surface area contributed by atoms with Crippen molar-refractivity contribution in [3.63, 3.8) is 0 Å². The molecule has 3 N–H and O–H groups in total. The Balaban J connectivity index is 1.55. The van der Waals surface area contributed by atoms with Crippen molar-refractivity contribution in [2.45, 2.75) is 50.0 Å². The second-order valence-electron chi connectivity index (χ2n) is 6.60. The highest BCUT2D eigenvalue weighted by Gasteiger charge is 2.45. The zero-order valence-corrected chi connectivity index (χ0v) is 13.9. The normalized spacial score (nSPS) is 26.6. The molecule has 2 aliphatic carbocycles. The molecule has 0 bridgehead atoms. The van der Waals surface area contributed by atoms with Gasteiger partial charge in [0.05, 0.1) is 0 Å². The molecule has 1 aromatic rings. The maximum Gasteiger partial charge on any atom is 0.220 e. The number of benzene rings is 1. The molecule has 0 radical (unpaired) electrons. The van der Waals surface area contributed by atoms with Crippen molar-refractivity contribution in [2.75, 3.05) is 6.54 Å². The van der Waals surface area contributed by atoms with Crippen LogP contribution in [-0.2, 0) is 10.2 Å². The van der Waals surface area contributed by atoms with E-state index in [0.717, 1.165) is 36.7 Å². The number of hydrogen-bond donors (Lipinski definition) is 2. The van der Waals surface area contributed by atoms with Gasteiger partial charge in [0.1, 0.15) is 0 Å². The third-order valence-electron chi connectivity index (χ3n) is 5.09. The van der Waals surface area contributed by atoms with Gasteiger partial charge in [-0.3, -0.25) is 4.79 Å². The first-order chi connectivity index (χ1) is 10.1. The van der Waals surface area contributed by atoms with Gasteiger partial charge in [-0.05, 0) is 43.2 Å². The van der Waals surface area contributed by atoms with Crippen LogP contribution in [0.1, 0.15) is 44.1 Å². The van der Waals surface area contributed by atoms with Gasteiger partial charge in [-0.1, -0.05) is 40.5 Å². The summed E-state index contributed by atoms with van der Waals surface area (Å²) >= 11 is 3.63. The Labute approximate surface area is 134 Å². The van der Waals surface area contributed by atoms with Crippen molar-refractivity contribution in [3.05, 3.63) is 34.3 Å². The first-order valence-corrected chi connectivity index (χ1v) is 8.67. The van der Waals surface area contributed by atoms with Crippen LogP contribution in [0.15, 0.2) is 28.7 Å². The summed E-state index contributed by atoms with van der Waals surface area (Å²) in [6.45, 7) is 0.746. The molecule has 1 amide bonds. The summed E-state index contributed by atoms with van der Waals surface area (Å²) in [5.74, 6) is 0.541. The van der Waals surface area contributed by atoms with Gasteiger partial charge < -0.3 is 11.1 Å². The molecule has 0 heterocycles. The number of carbonyl (C=O) groups is 1. The average molecular weight is 351 g/mol. The van der Waals surface area contributed by atoms with Crippen molar-refractivity contribution in [3.8, 4) is 0 Å². The van der Waals surface area contributed by atoms with E-state index in [2.05, 4.69) is 39.4 Å². The summed E-state index contributed by atoms with van der Waals surface area (Å²) in [6.07, 6.45) is 6.23. The van der Waals surface area contributed by atoms with E-state index in [1.54, 1.807) is 0 Å². The second-order valence-corrected chi connectivity index (χ2v) is 7.45. The fraction of sp³-hybridized carbons (Fsp3) is 0.588. The fourth-order valence-electron chi connectivity index (χ4n) is 3.48. The Hall–Kier alpha value is -0.870. The van der Waals surface area contributed by atoms with Gasteiger partial charge in [-0.25, -0.2) is 0 Å². The van der Waals surface area contributed by atoms with E-state index in [-0.39, 0.29) is 17.4 Å². The molecule has 0 saturated heterocycles. The maximum absolute atomic E-state index is 12.2. The smallest absolute Gasteiger partial charge is 0.220 e. The fourth-order valence-corrected chi connectivity index (χ4v) is 4.19. The van der Waals surface area contributed by atoms with Crippen LogP contribution in [0, 0.1) is 5.92 Å². The Bertz CT molecular complexity index is 527. The minimum absolute atomic E-state index is 0.146. The van der Waals surface area contributed by atoms with Gasteiger partial charge in [0.2, 0.25) is 5.91 Å². The van der Waals surface area contributed by atoms with E-state index in [9.17, 15) is 4.79 Å². The molecule has 1 aromatic carbocycles. The SMILES string of the molecule is N[C@@H]1CCC[C@H]1CC(=O)NCC1(c2ccccc2Br)CC1. The lowest BCUT2D eigenvalue weighted by molar-refractivity contribution is -0.122. The molecular formula is C17H23BrN2O. The van der Waals surface area contributed by atoms with Crippen molar-refractivity contribution in [1.29, 1.82) is 0 Å². The third-order valence-corrected chi connectivity index (χ3v) is 5.78. The van der Waals surface area contributed by atoms with Crippen LogP contribution in [-0.4, -0.2) is 18.5 Å². The van der Waals surface area contributed by atoms with E-state index in [1.807, 2.05) is 6.07 Å². The lowest BCUT2D eigenvalue weighted by Gasteiger charge is -2.20. The minimum Gasteiger partial charge on any atom is -0.355 e. The monoisotopic (exact) mass is 350 g/mol. The lowest BCUT2D eigenvalue weighted by atomic mass is 9.95. The molecule has 4 heteroatoms. The van der Waals surface area contributed by atoms with E-state index in [1.165, 1.54) is 12.0 Å². The van der Waals surface area contributed by atoms with Crippen molar-refractivity contribution < 1.29 is 4.79 Å². The summed E-state index contributed by atoms with van der Waals surface area (Å²) in [6, 6.07) is 8.56. The summed E-state index contributed by atoms with van der Waals surface area (Å²) in [5, 5.41) is 3.14. The highest BCUT2D eigenvalue weighted by atomic mass is 79.9. The number of halogens is 1. The van der Waals surface area contributed by atoms with E-state index in [0.29, 0.717) is 12.3 Å². The zero-order chi connectivity index (χ0) is 14.9. The number of carbonyl (C=O) groups excluding carboxylic acids is 1. The minimum atomic E-state index is 0.146. The van der Waals surface area contributed by atoms with Gasteiger partial charge >= 0.3 is 0 Å². The molecule has 114 valence electrons. The van der Waals surface area contributed by atoms with Crippen LogP contribution in [0.25, 0.3) is 0 Å². The van der Waals surface area contributed by atoms with Crippen LogP contribution < -0.4 is 11.1 Å². The lowest BCUT2D eigenvalue weighted by Crippen LogP contribution is -2.35. The van der Waals surface area contributed by atoms with Gasteiger partial charge in [0, 0.05) is 28.9 Å². The zero-order valence-electron chi connectivity index (χ0n) is 12.3. The molecule has 2 saturated carbocycles. The molecule has 0 aromatic heterocycles. The predicted octanol–water partition coefficient (Wildman–Crippen LogP) is 3.11. The first-order valence-electron chi connectivity index (χ1n) is 7.88. The first kappa shape index (κ1) is 15.0. The highest BCUT2D eigenvalue weighted by Crippen LogP contribution is 2.49. The average Bonchev–Trinajstić information content (AvgIpc) is 3.16. The Morgan fingerprint density at radius 3 is 2.71 bits per heavy atom. The molecule has 2 fully saturated rings. The van der Waals surface area contributed by atoms with Gasteiger partial charge in [-0.15, -0.1) is 0 Å². The molecule has 2 atom stereocenters. The molecule has 0 spiro atoms. The van der Waals surface area contributed by atoms with Crippen LogP contribution in [0.5, 0.6) is 0 Å². The maximum atomic E-state index is 12.2. The summed E-state index contributed by atoms with van der Waals surface area (Å²) in [4.78, 5) is 12.2. The summed E-state index contributed by atoms with van der Waals surface area (Å²) in [7, 11) is 0. The van der Waals surface area contributed by atoms with Gasteiger partial charge in [0.25, 0.3) is 0 Å². The number of nitrogens with one attached hydrogen (secondary N) is 1. The molecule has 3 rings (SSSR count). The van der Waals surface area contributed by atoms with Crippen LogP contribution in [0.4, 0.5) is 0 Å². The van der Waals surface area contributed by atoms with Crippen molar-refractivity contribution >= 4 is 21.8 Å². The number of amides is 1. The standard InChI is InChI=1S/C17H23BrN2O/c18-14-6-2-1-5-13(14)17(8-9-17)11-20-16(21)10-12-4-3-7-15(12)19/h1-2,5-6,12,15H,3-4,7-11,19H2,(H,20,21)/t12-,15+/m0/s1. The molecule has 3 nitrogen and oxygen atoms in total. The number of rotatable bonds is 5. The number of hydrogen-bond acceptors (Lipinski definition) is 2. The van der Waals surface area contributed by atoms with E-state index in [4.69, 9.17) is 5.73 Å². The second kappa shape index (κ2) is 6.09. The van der Waals surface area contributed by atoms with Gasteiger partial charge in [-0.2, -0.15) is 0 Å². The predicted molar refractivity (Wildman–Crippen MR) is 88.0 cm³/mol. The topological polar surface area (TPSA) is 55.1 Å². The Morgan fingerprint density at radius 2 is 2.10 bits per heavy atom. The molecule has 0 unspecified atom stereocenters. The Morgan fingerprint density at radius 1 is 1.33 bits per heavy atom. The third kappa shape index (κ3) is 3.32. The van der Waals surface area contributed by atoms with Gasteiger partial charge in [0.15, 0.2) is 0 Å². The molecular weight excluding hydrogens is 328 g/mol. The highest BCUT2D eigenvalue weighted by molar-refractivity contribution is 9.10. The van der Waals surface area contributed by atoms with E-state index < -0.39 is 0 Å². The van der Waals surface area contributed by atoms with Crippen molar-refractivity contribution in [2.24, 2.45) is 11.7 Å². The van der Waals surface area contributed by atoms with Crippen LogP contribution in [0.2, 0.25) is 0 Å². The van der Waals surface area contributed by atoms with Crippen LogP contribution in [0.3, 0.4) is 0 Å². The molecule has 21 heavy (non-hydrogen) atoms. The molecule has 0 aliphatic heterocycles. The van der Waals surface area contributed by atoms with Crippen molar-refractivity contribution in [1.82, 2.24) is 5.32 Å².